The zero-order chi connectivity index (χ0) is 16.4. The van der Waals surface area contributed by atoms with Crippen molar-refractivity contribution in [2.45, 2.75) is 6.92 Å². The van der Waals surface area contributed by atoms with E-state index in [0.717, 1.165) is 5.56 Å². The average Bonchev–Trinajstić information content (AvgIpc) is 2.51. The summed E-state index contributed by atoms with van der Waals surface area (Å²) in [5.41, 5.74) is 1.36. The Bertz CT molecular complexity index is 588. The van der Waals surface area contributed by atoms with Crippen molar-refractivity contribution >= 4 is 47.6 Å². The molecule has 0 fully saturated rings. The minimum atomic E-state index is 0. The van der Waals surface area contributed by atoms with Crippen LogP contribution in [0.15, 0.2) is 50.7 Å². The van der Waals surface area contributed by atoms with Crippen LogP contribution >= 0.6 is 0 Å². The number of benzene rings is 1. The van der Waals surface area contributed by atoms with Crippen LogP contribution in [0.25, 0.3) is 0 Å². The molecule has 0 aliphatic carbocycles. The summed E-state index contributed by atoms with van der Waals surface area (Å²) >= 11 is 9.95. The zero-order valence-corrected chi connectivity index (χ0v) is 15.5. The van der Waals surface area contributed by atoms with E-state index in [1.807, 2.05) is 37.3 Å². The molecule has 1 rings (SSSR count). The summed E-state index contributed by atoms with van der Waals surface area (Å²) in [6, 6.07) is 9.48. The van der Waals surface area contributed by atoms with Crippen LogP contribution in [0.3, 0.4) is 0 Å². The SMILES string of the molecule is CCO/C([S-])=N/N=C/C(=N/N=C(\[S-])N(C)C)c1ccccc1.[Cu+2]. The molecule has 0 atom stereocenters. The molecule has 0 unspecified atom stereocenters. The molecule has 0 N–H and O–H groups in total. The Morgan fingerprint density at radius 2 is 1.78 bits per heavy atom. The number of ether oxygens (including phenoxy) is 1. The second-order valence-corrected chi connectivity index (χ2v) is 4.89. The molecule has 0 amide bonds. The van der Waals surface area contributed by atoms with Crippen LogP contribution in [0.5, 0.6) is 0 Å². The smallest absolute Gasteiger partial charge is 0.741 e. The van der Waals surface area contributed by atoms with E-state index in [0.29, 0.717) is 17.5 Å². The Kier molecular flexibility index (Phi) is 11.2. The number of amidine groups is 1. The second kappa shape index (κ2) is 12.0. The van der Waals surface area contributed by atoms with E-state index in [4.69, 9.17) is 30.0 Å². The first-order valence-electron chi connectivity index (χ1n) is 6.50. The van der Waals surface area contributed by atoms with Gasteiger partial charge in [0, 0.05) is 24.8 Å². The van der Waals surface area contributed by atoms with Gasteiger partial charge in [0.15, 0.2) is 0 Å². The van der Waals surface area contributed by atoms with E-state index < -0.39 is 0 Å². The van der Waals surface area contributed by atoms with E-state index in [2.05, 4.69) is 20.4 Å². The second-order valence-electron chi connectivity index (χ2n) is 4.17. The topological polar surface area (TPSA) is 61.9 Å². The van der Waals surface area contributed by atoms with Crippen LogP contribution in [-0.2, 0) is 47.1 Å². The van der Waals surface area contributed by atoms with Gasteiger partial charge in [0.2, 0.25) is 0 Å². The third-order valence-electron chi connectivity index (χ3n) is 2.28. The maximum absolute atomic E-state index is 5.08. The molecule has 0 aromatic heterocycles. The van der Waals surface area contributed by atoms with Gasteiger partial charge in [0.25, 0.3) is 0 Å². The van der Waals surface area contributed by atoms with E-state index in [1.165, 1.54) is 6.21 Å². The van der Waals surface area contributed by atoms with Crippen LogP contribution in [-0.4, -0.2) is 47.9 Å². The summed E-state index contributed by atoms with van der Waals surface area (Å²) in [7, 11) is 3.60. The van der Waals surface area contributed by atoms with Gasteiger partial charge in [-0.1, -0.05) is 30.3 Å². The first-order chi connectivity index (χ1) is 10.5. The van der Waals surface area contributed by atoms with Gasteiger partial charge in [-0.2, -0.15) is 10.2 Å². The molecular weight excluding hydrogens is 382 g/mol. The van der Waals surface area contributed by atoms with Gasteiger partial charge in [-0.25, -0.2) is 0 Å². The van der Waals surface area contributed by atoms with Gasteiger partial charge in [-0.15, -0.1) is 10.2 Å². The quantitative estimate of drug-likeness (QED) is 0.249. The van der Waals surface area contributed by atoms with E-state index in [-0.39, 0.29) is 22.3 Å². The maximum Gasteiger partial charge on any atom is 2.00 e. The summed E-state index contributed by atoms with van der Waals surface area (Å²) < 4.78 is 5.02. The molecule has 0 saturated carbocycles. The monoisotopic (exact) mass is 398 g/mol. The van der Waals surface area contributed by atoms with Gasteiger partial charge in [0.1, 0.15) is 5.71 Å². The van der Waals surface area contributed by atoms with E-state index in [1.54, 1.807) is 19.0 Å². The van der Waals surface area contributed by atoms with Gasteiger partial charge in [-0.3, -0.25) is 0 Å². The number of hydrogen-bond acceptors (Lipinski definition) is 7. The Hall–Kier alpha value is -1.54. The normalized spacial score (nSPS) is 12.9. The molecule has 9 heteroatoms. The van der Waals surface area contributed by atoms with Gasteiger partial charge in [0.05, 0.1) is 18.1 Å². The van der Waals surface area contributed by atoms with Crippen molar-refractivity contribution in [3.8, 4) is 0 Å². The van der Waals surface area contributed by atoms with Crippen LogP contribution < -0.4 is 0 Å². The first kappa shape index (κ1) is 21.5. The Balaban J connectivity index is 0.00000484. The van der Waals surface area contributed by atoms with Crippen LogP contribution in [0, 0.1) is 0 Å². The van der Waals surface area contributed by atoms with Gasteiger partial charge < -0.3 is 34.9 Å². The summed E-state index contributed by atoms with van der Waals surface area (Å²) in [4.78, 5) is 1.69. The van der Waals surface area contributed by atoms with Crippen molar-refractivity contribution in [3.63, 3.8) is 0 Å². The molecule has 127 valence electrons. The van der Waals surface area contributed by atoms with Gasteiger partial charge >= 0.3 is 17.1 Å². The van der Waals surface area contributed by atoms with Crippen LogP contribution in [0.4, 0.5) is 0 Å². The summed E-state index contributed by atoms with van der Waals surface area (Å²) in [6.07, 6.45) is 1.46. The fraction of sp³-hybridized carbons (Fsp3) is 0.286. The zero-order valence-electron chi connectivity index (χ0n) is 12.9. The molecule has 1 aromatic rings. The summed E-state index contributed by atoms with van der Waals surface area (Å²) in [5, 5.41) is 16.2. The number of rotatable bonds is 5. The molecule has 23 heavy (non-hydrogen) atoms. The van der Waals surface area contributed by atoms with E-state index >= 15 is 0 Å². The Labute approximate surface area is 158 Å². The minimum Gasteiger partial charge on any atom is -0.741 e. The van der Waals surface area contributed by atoms with Crippen molar-refractivity contribution in [1.82, 2.24) is 4.90 Å². The van der Waals surface area contributed by atoms with Crippen molar-refractivity contribution in [3.05, 3.63) is 35.9 Å². The molecular formula is C14H17CuN5OS2. The van der Waals surface area contributed by atoms with Crippen molar-refractivity contribution in [2.24, 2.45) is 20.4 Å². The largest absolute Gasteiger partial charge is 2.00 e. The minimum absolute atomic E-state index is 0. The molecule has 6 nitrogen and oxygen atoms in total. The average molecular weight is 399 g/mol. The third kappa shape index (κ3) is 8.61. The Morgan fingerprint density at radius 1 is 1.13 bits per heavy atom. The van der Waals surface area contributed by atoms with Crippen LogP contribution in [0.1, 0.15) is 12.5 Å². The molecule has 0 bridgehead atoms. The predicted molar refractivity (Wildman–Crippen MR) is 96.4 cm³/mol. The molecule has 0 aliphatic rings. The third-order valence-corrected chi connectivity index (χ3v) is 2.93. The summed E-state index contributed by atoms with van der Waals surface area (Å²) in [6.45, 7) is 2.27. The fourth-order valence-corrected chi connectivity index (χ4v) is 1.44. The van der Waals surface area contributed by atoms with Crippen molar-refractivity contribution in [2.75, 3.05) is 20.7 Å². The molecule has 1 radical (unpaired) electrons. The summed E-state index contributed by atoms with van der Waals surface area (Å²) in [5.74, 6) is 0. The van der Waals surface area contributed by atoms with E-state index in [9.17, 15) is 0 Å². The molecule has 1 aromatic carbocycles. The first-order valence-corrected chi connectivity index (χ1v) is 7.32. The number of hydrogen-bond donors (Lipinski definition) is 0. The Morgan fingerprint density at radius 3 is 2.35 bits per heavy atom. The molecule has 0 heterocycles. The molecule has 0 spiro atoms. The maximum atomic E-state index is 5.08. The predicted octanol–water partition coefficient (Wildman–Crippen LogP) is 1.78. The van der Waals surface area contributed by atoms with Crippen molar-refractivity contribution in [1.29, 1.82) is 0 Å². The number of nitrogens with zero attached hydrogens (tertiary/aromatic N) is 5. The van der Waals surface area contributed by atoms with Crippen LogP contribution in [0.2, 0.25) is 0 Å². The van der Waals surface area contributed by atoms with Gasteiger partial charge in [-0.05, 0) is 6.92 Å². The molecule has 0 saturated heterocycles. The fourth-order valence-electron chi connectivity index (χ4n) is 1.24. The standard InChI is InChI=1S/C14H19N5OS2.Cu/c1-4-20-14(22)18-15-10-12(11-8-6-5-7-9-11)16-17-13(21)19(2)3;/h5-10H,4H2,1-3H3,(H,17,21)(H,18,22);/q;+2/p-2/b15-10+,16-12-;. The molecule has 0 aliphatic heterocycles. The van der Waals surface area contributed by atoms with Crippen molar-refractivity contribution < 1.29 is 21.8 Å².